The van der Waals surface area contributed by atoms with Crippen LogP contribution in [0, 0.1) is 0 Å². The first kappa shape index (κ1) is 19.2. The molecule has 0 bridgehead atoms. The summed E-state index contributed by atoms with van der Waals surface area (Å²) in [7, 11) is 3.38. The molecule has 0 unspecified atom stereocenters. The molecule has 1 amide bonds. The van der Waals surface area contributed by atoms with Gasteiger partial charge in [0.1, 0.15) is 12.4 Å². The number of nitrogens with two attached hydrogens (primary N) is 1. The molecule has 0 aliphatic carbocycles. The number of primary amides is 1. The van der Waals surface area contributed by atoms with Crippen molar-refractivity contribution < 1.29 is 14.3 Å². The Hall–Kier alpha value is -3.54. The summed E-state index contributed by atoms with van der Waals surface area (Å²) in [5.74, 6) is 0.370. The van der Waals surface area contributed by atoms with Crippen LogP contribution in [-0.4, -0.2) is 17.6 Å². The number of hydrogen-bond donors (Lipinski definition) is 1. The lowest BCUT2D eigenvalue weighted by Crippen LogP contribution is -2.17. The van der Waals surface area contributed by atoms with E-state index in [9.17, 15) is 9.59 Å². The van der Waals surface area contributed by atoms with E-state index in [-0.39, 0.29) is 11.2 Å². The minimum Gasteiger partial charge on any atom is -0.497 e. The summed E-state index contributed by atoms with van der Waals surface area (Å²) in [4.78, 5) is 24.2. The maximum absolute atomic E-state index is 12.5. The number of hydrogen-bond acceptors (Lipinski definition) is 4. The maximum Gasteiger partial charge on any atom is 0.248 e. The third kappa shape index (κ3) is 4.40. The van der Waals surface area contributed by atoms with Gasteiger partial charge in [-0.2, -0.15) is 0 Å². The quantitative estimate of drug-likeness (QED) is 0.685. The molecule has 1 aromatic heterocycles. The van der Waals surface area contributed by atoms with Gasteiger partial charge in [0.15, 0.2) is 5.75 Å². The van der Waals surface area contributed by atoms with Crippen LogP contribution < -0.4 is 20.6 Å². The van der Waals surface area contributed by atoms with E-state index in [1.807, 2.05) is 41.9 Å². The van der Waals surface area contributed by atoms with Gasteiger partial charge in [0.2, 0.25) is 11.3 Å². The SMILES string of the molecule is COc1ccc(C(N)=O)c(Cc2cc(=O)c(OCc3ccccc3)cn2C)c1. The van der Waals surface area contributed by atoms with Crippen molar-refractivity contribution in [1.82, 2.24) is 4.57 Å². The molecular formula is C22H22N2O4. The number of carbonyl (C=O) groups excluding carboxylic acids is 1. The van der Waals surface area contributed by atoms with Crippen molar-refractivity contribution in [2.45, 2.75) is 13.0 Å². The van der Waals surface area contributed by atoms with Crippen molar-refractivity contribution in [2.24, 2.45) is 12.8 Å². The molecule has 0 saturated carbocycles. The van der Waals surface area contributed by atoms with E-state index in [2.05, 4.69) is 0 Å². The van der Waals surface area contributed by atoms with E-state index < -0.39 is 5.91 Å². The fraction of sp³-hybridized carbons (Fsp3) is 0.182. The summed E-state index contributed by atoms with van der Waals surface area (Å²) < 4.78 is 12.7. The minimum atomic E-state index is -0.523. The van der Waals surface area contributed by atoms with E-state index in [1.165, 1.54) is 6.07 Å². The van der Waals surface area contributed by atoms with Crippen molar-refractivity contribution in [3.63, 3.8) is 0 Å². The van der Waals surface area contributed by atoms with Crippen molar-refractivity contribution in [3.8, 4) is 11.5 Å². The van der Waals surface area contributed by atoms with Gasteiger partial charge in [-0.05, 0) is 29.3 Å². The molecule has 2 N–H and O–H groups in total. The third-order valence-electron chi connectivity index (χ3n) is 4.49. The monoisotopic (exact) mass is 378 g/mol. The molecule has 6 heteroatoms. The highest BCUT2D eigenvalue weighted by atomic mass is 16.5. The van der Waals surface area contributed by atoms with Crippen LogP contribution in [-0.2, 0) is 20.1 Å². The van der Waals surface area contributed by atoms with Gasteiger partial charge >= 0.3 is 0 Å². The van der Waals surface area contributed by atoms with Crippen LogP contribution in [0.5, 0.6) is 11.5 Å². The Labute approximate surface area is 163 Å². The van der Waals surface area contributed by atoms with Gasteiger partial charge < -0.3 is 19.8 Å². The number of ether oxygens (including phenoxy) is 2. The van der Waals surface area contributed by atoms with Crippen LogP contribution in [0.3, 0.4) is 0 Å². The number of nitrogens with zero attached hydrogens (tertiary/aromatic N) is 1. The summed E-state index contributed by atoms with van der Waals surface area (Å²) in [6.07, 6.45) is 2.02. The predicted octanol–water partition coefficient (Wildman–Crippen LogP) is 2.66. The molecule has 0 aliphatic rings. The van der Waals surface area contributed by atoms with E-state index in [0.717, 1.165) is 11.3 Å². The first-order valence-electron chi connectivity index (χ1n) is 8.81. The highest BCUT2D eigenvalue weighted by molar-refractivity contribution is 5.94. The molecule has 0 aliphatic heterocycles. The number of methoxy groups -OCH3 is 1. The average molecular weight is 378 g/mol. The molecular weight excluding hydrogens is 356 g/mol. The first-order chi connectivity index (χ1) is 13.5. The number of carbonyl (C=O) groups is 1. The van der Waals surface area contributed by atoms with Crippen molar-refractivity contribution in [2.75, 3.05) is 7.11 Å². The molecule has 3 aromatic rings. The van der Waals surface area contributed by atoms with Crippen molar-refractivity contribution >= 4 is 5.91 Å². The van der Waals surface area contributed by atoms with Crippen LogP contribution >= 0.6 is 0 Å². The summed E-state index contributed by atoms with van der Waals surface area (Å²) in [5, 5.41) is 0. The van der Waals surface area contributed by atoms with Gasteiger partial charge in [-0.15, -0.1) is 0 Å². The van der Waals surface area contributed by atoms with E-state index in [0.29, 0.717) is 29.9 Å². The summed E-state index contributed by atoms with van der Waals surface area (Å²) in [6.45, 7) is 0.317. The number of pyridine rings is 1. The average Bonchev–Trinajstić information content (AvgIpc) is 2.70. The smallest absolute Gasteiger partial charge is 0.248 e. The molecule has 0 saturated heterocycles. The molecule has 3 rings (SSSR count). The topological polar surface area (TPSA) is 83.6 Å². The maximum atomic E-state index is 12.5. The Balaban J connectivity index is 1.85. The summed E-state index contributed by atoms with van der Waals surface area (Å²) >= 11 is 0. The van der Waals surface area contributed by atoms with Gasteiger partial charge in [-0.25, -0.2) is 0 Å². The third-order valence-corrected chi connectivity index (χ3v) is 4.49. The summed E-state index contributed by atoms with van der Waals surface area (Å²) in [6, 6.07) is 16.2. The van der Waals surface area contributed by atoms with E-state index >= 15 is 0 Å². The zero-order valence-corrected chi connectivity index (χ0v) is 15.8. The number of aryl methyl sites for hydroxylation is 1. The molecule has 0 fully saturated rings. The highest BCUT2D eigenvalue weighted by Gasteiger charge is 2.13. The van der Waals surface area contributed by atoms with Crippen LogP contribution in [0.1, 0.15) is 27.2 Å². The zero-order valence-electron chi connectivity index (χ0n) is 15.8. The van der Waals surface area contributed by atoms with E-state index in [1.54, 1.807) is 31.5 Å². The lowest BCUT2D eigenvalue weighted by molar-refractivity contribution is 0.0999. The zero-order chi connectivity index (χ0) is 20.1. The Morgan fingerprint density at radius 2 is 1.86 bits per heavy atom. The van der Waals surface area contributed by atoms with E-state index in [4.69, 9.17) is 15.2 Å². The second-order valence-corrected chi connectivity index (χ2v) is 6.44. The van der Waals surface area contributed by atoms with Gasteiger partial charge in [-0.3, -0.25) is 9.59 Å². The van der Waals surface area contributed by atoms with Crippen molar-refractivity contribution in [1.29, 1.82) is 0 Å². The van der Waals surface area contributed by atoms with Crippen LogP contribution in [0.4, 0.5) is 0 Å². The Morgan fingerprint density at radius 1 is 1.11 bits per heavy atom. The van der Waals surface area contributed by atoms with Gasteiger partial charge in [0, 0.05) is 30.8 Å². The Bertz CT molecular complexity index is 1040. The fourth-order valence-electron chi connectivity index (χ4n) is 2.94. The molecule has 144 valence electrons. The molecule has 2 aromatic carbocycles. The first-order valence-corrected chi connectivity index (χ1v) is 8.81. The van der Waals surface area contributed by atoms with Gasteiger partial charge in [0.25, 0.3) is 0 Å². The van der Waals surface area contributed by atoms with Gasteiger partial charge in [0.05, 0.1) is 13.3 Å². The van der Waals surface area contributed by atoms with Crippen LogP contribution in [0.25, 0.3) is 0 Å². The molecule has 0 atom stereocenters. The number of benzene rings is 2. The van der Waals surface area contributed by atoms with Crippen LogP contribution in [0.15, 0.2) is 65.6 Å². The Morgan fingerprint density at radius 3 is 2.54 bits per heavy atom. The standard InChI is InChI=1S/C22H22N2O4/c1-24-13-21(28-14-15-6-4-3-5-7-15)20(25)12-17(24)10-16-11-18(27-2)8-9-19(16)22(23)26/h3-9,11-13H,10,14H2,1-2H3,(H2,23,26). The largest absolute Gasteiger partial charge is 0.497 e. The Kier molecular flexibility index (Phi) is 5.79. The second kappa shape index (κ2) is 8.43. The lowest BCUT2D eigenvalue weighted by atomic mass is 10.0. The lowest BCUT2D eigenvalue weighted by Gasteiger charge is -2.14. The molecule has 28 heavy (non-hydrogen) atoms. The predicted molar refractivity (Wildman–Crippen MR) is 107 cm³/mol. The molecule has 0 spiro atoms. The van der Waals surface area contributed by atoms with Gasteiger partial charge in [-0.1, -0.05) is 30.3 Å². The molecule has 0 radical (unpaired) electrons. The summed E-state index contributed by atoms with van der Waals surface area (Å²) in [5.41, 5.74) is 8.07. The number of amides is 1. The fourth-order valence-corrected chi connectivity index (χ4v) is 2.94. The number of rotatable bonds is 7. The number of aromatic nitrogens is 1. The minimum absolute atomic E-state index is 0.215. The highest BCUT2D eigenvalue weighted by Crippen LogP contribution is 2.21. The molecule has 6 nitrogen and oxygen atoms in total. The normalized spacial score (nSPS) is 10.5. The van der Waals surface area contributed by atoms with Crippen LogP contribution in [0.2, 0.25) is 0 Å². The molecule has 1 heterocycles. The second-order valence-electron chi connectivity index (χ2n) is 6.44. The van der Waals surface area contributed by atoms with Crippen molar-refractivity contribution in [3.05, 3.63) is 93.4 Å².